The molecule has 4 nitrogen and oxygen atoms in total. The number of hydrogen-bond acceptors (Lipinski definition) is 4. The van der Waals surface area contributed by atoms with Gasteiger partial charge in [-0.05, 0) is 13.0 Å². The van der Waals surface area contributed by atoms with Gasteiger partial charge in [-0.25, -0.2) is 4.79 Å². The second kappa shape index (κ2) is 4.21. The van der Waals surface area contributed by atoms with Gasteiger partial charge in [0, 0.05) is 12.4 Å². The van der Waals surface area contributed by atoms with Gasteiger partial charge in [0.2, 0.25) is 0 Å². The average Bonchev–Trinajstić information content (AvgIpc) is 2.18. The van der Waals surface area contributed by atoms with Gasteiger partial charge in [0.15, 0.2) is 0 Å². The number of hydrogen-bond donors (Lipinski definition) is 0. The maximum atomic E-state index is 11.2. The Hall–Kier alpha value is -1.89. The fraction of sp³-hybridized carbons (Fsp3) is 0.222. The lowest BCUT2D eigenvalue weighted by atomic mass is 10.1. The molecular weight excluding hydrogens is 168 g/mol. The maximum absolute atomic E-state index is 11.2. The normalized spacial score (nSPS) is 8.92. The van der Waals surface area contributed by atoms with Crippen molar-refractivity contribution in [1.29, 1.82) is 5.26 Å². The van der Waals surface area contributed by atoms with E-state index in [9.17, 15) is 4.79 Å². The minimum absolute atomic E-state index is 0.215. The van der Waals surface area contributed by atoms with Gasteiger partial charge in [-0.3, -0.25) is 4.98 Å². The lowest BCUT2D eigenvalue weighted by molar-refractivity contribution is 0.0525. The highest BCUT2D eigenvalue weighted by Crippen LogP contribution is 2.06. The van der Waals surface area contributed by atoms with Gasteiger partial charge in [-0.15, -0.1) is 0 Å². The summed E-state index contributed by atoms with van der Waals surface area (Å²) in [7, 11) is 0. The number of aromatic nitrogens is 1. The molecule has 0 radical (unpaired) electrons. The van der Waals surface area contributed by atoms with Crippen LogP contribution in [-0.4, -0.2) is 17.6 Å². The largest absolute Gasteiger partial charge is 0.462 e. The minimum atomic E-state index is -0.507. The Balaban J connectivity index is 3.01. The summed E-state index contributed by atoms with van der Waals surface area (Å²) in [6, 6.07) is 3.37. The van der Waals surface area contributed by atoms with Crippen LogP contribution in [0.5, 0.6) is 0 Å². The predicted molar refractivity (Wildman–Crippen MR) is 44.9 cm³/mol. The van der Waals surface area contributed by atoms with Gasteiger partial charge in [-0.2, -0.15) is 5.26 Å². The minimum Gasteiger partial charge on any atom is -0.462 e. The van der Waals surface area contributed by atoms with Gasteiger partial charge >= 0.3 is 5.97 Å². The van der Waals surface area contributed by atoms with E-state index in [2.05, 4.69) is 4.98 Å². The van der Waals surface area contributed by atoms with Gasteiger partial charge in [0.25, 0.3) is 0 Å². The molecule has 0 saturated heterocycles. The predicted octanol–water partition coefficient (Wildman–Crippen LogP) is 1.13. The summed E-state index contributed by atoms with van der Waals surface area (Å²) in [6.45, 7) is 2.00. The fourth-order valence-electron chi connectivity index (χ4n) is 0.863. The first-order chi connectivity index (χ1) is 6.29. The number of ether oxygens (including phenoxy) is 1. The van der Waals surface area contributed by atoms with Crippen molar-refractivity contribution in [1.82, 2.24) is 4.98 Å². The summed E-state index contributed by atoms with van der Waals surface area (Å²) >= 11 is 0. The molecule has 1 rings (SSSR count). The summed E-state index contributed by atoms with van der Waals surface area (Å²) in [5.41, 5.74) is 0.500. The molecule has 13 heavy (non-hydrogen) atoms. The first-order valence-corrected chi connectivity index (χ1v) is 3.80. The van der Waals surface area contributed by atoms with Crippen LogP contribution in [0.25, 0.3) is 0 Å². The highest BCUT2D eigenvalue weighted by Gasteiger charge is 2.11. The van der Waals surface area contributed by atoms with Crippen LogP contribution in [0.2, 0.25) is 0 Å². The third-order valence-electron chi connectivity index (χ3n) is 1.44. The molecule has 0 aliphatic heterocycles. The fourth-order valence-corrected chi connectivity index (χ4v) is 0.863. The molecule has 1 aromatic rings. The summed E-state index contributed by atoms with van der Waals surface area (Å²) < 4.78 is 4.74. The van der Waals surface area contributed by atoms with Crippen LogP contribution in [0.3, 0.4) is 0 Å². The number of esters is 1. The van der Waals surface area contributed by atoms with Crippen molar-refractivity contribution in [2.24, 2.45) is 0 Å². The summed E-state index contributed by atoms with van der Waals surface area (Å²) in [5.74, 6) is -0.507. The lowest BCUT2D eigenvalue weighted by Gasteiger charge is -2.01. The number of rotatable bonds is 2. The van der Waals surface area contributed by atoms with E-state index in [4.69, 9.17) is 10.00 Å². The number of nitrogens with zero attached hydrogens (tertiary/aromatic N) is 2. The van der Waals surface area contributed by atoms with Gasteiger partial charge in [0.05, 0.1) is 17.7 Å². The highest BCUT2D eigenvalue weighted by atomic mass is 16.5. The number of nitriles is 1. The Kier molecular flexibility index (Phi) is 2.98. The zero-order valence-electron chi connectivity index (χ0n) is 7.15. The molecule has 0 aromatic carbocycles. The summed E-state index contributed by atoms with van der Waals surface area (Å²) in [5, 5.41) is 8.65. The lowest BCUT2D eigenvalue weighted by Crippen LogP contribution is -2.07. The van der Waals surface area contributed by atoms with E-state index in [0.717, 1.165) is 0 Å². The molecule has 0 atom stereocenters. The SMILES string of the molecule is CCOC(=O)c1cnccc1C#N. The van der Waals surface area contributed by atoms with Crippen LogP contribution in [0.4, 0.5) is 0 Å². The third-order valence-corrected chi connectivity index (χ3v) is 1.44. The van der Waals surface area contributed by atoms with Crippen molar-refractivity contribution < 1.29 is 9.53 Å². The Bertz CT molecular complexity index is 355. The smallest absolute Gasteiger partial charge is 0.341 e. The second-order valence-corrected chi connectivity index (χ2v) is 2.25. The monoisotopic (exact) mass is 176 g/mol. The van der Waals surface area contributed by atoms with Crippen molar-refractivity contribution in [3.63, 3.8) is 0 Å². The topological polar surface area (TPSA) is 63.0 Å². The Morgan fingerprint density at radius 3 is 3.15 bits per heavy atom. The summed E-state index contributed by atoms with van der Waals surface area (Å²) in [6.07, 6.45) is 2.79. The molecule has 1 heterocycles. The van der Waals surface area contributed by atoms with Crippen molar-refractivity contribution >= 4 is 5.97 Å². The Morgan fingerprint density at radius 1 is 1.77 bits per heavy atom. The Labute approximate surface area is 75.8 Å². The van der Waals surface area contributed by atoms with Crippen molar-refractivity contribution in [3.05, 3.63) is 29.6 Å². The van der Waals surface area contributed by atoms with E-state index in [0.29, 0.717) is 6.61 Å². The molecule has 0 fully saturated rings. The first kappa shape index (κ1) is 9.20. The number of pyridine rings is 1. The van der Waals surface area contributed by atoms with E-state index in [-0.39, 0.29) is 11.1 Å². The molecule has 66 valence electrons. The van der Waals surface area contributed by atoms with Gasteiger partial charge < -0.3 is 4.74 Å². The van der Waals surface area contributed by atoms with Crippen molar-refractivity contribution in [2.45, 2.75) is 6.92 Å². The van der Waals surface area contributed by atoms with Crippen LogP contribution in [0.15, 0.2) is 18.5 Å². The zero-order valence-corrected chi connectivity index (χ0v) is 7.15. The molecule has 0 aliphatic carbocycles. The molecule has 0 spiro atoms. The molecule has 0 aliphatic rings. The molecular formula is C9H8N2O2. The number of carbonyl (C=O) groups excluding carboxylic acids is 1. The van der Waals surface area contributed by atoms with E-state index in [1.165, 1.54) is 18.5 Å². The van der Waals surface area contributed by atoms with Crippen molar-refractivity contribution in [2.75, 3.05) is 6.61 Å². The van der Waals surface area contributed by atoms with Crippen molar-refractivity contribution in [3.8, 4) is 6.07 Å². The standard InChI is InChI=1S/C9H8N2O2/c1-2-13-9(12)8-6-11-4-3-7(8)5-10/h3-4,6H,2H2,1H3. The Morgan fingerprint density at radius 2 is 2.54 bits per heavy atom. The molecule has 0 amide bonds. The quantitative estimate of drug-likeness (QED) is 0.633. The molecule has 1 aromatic heterocycles. The molecule has 4 heteroatoms. The molecule has 0 saturated carbocycles. The van der Waals surface area contributed by atoms with Crippen LogP contribution >= 0.6 is 0 Å². The van der Waals surface area contributed by atoms with Gasteiger partial charge in [-0.1, -0.05) is 0 Å². The van der Waals surface area contributed by atoms with E-state index >= 15 is 0 Å². The van der Waals surface area contributed by atoms with E-state index < -0.39 is 5.97 Å². The average molecular weight is 176 g/mol. The highest BCUT2D eigenvalue weighted by molar-refractivity contribution is 5.91. The number of carbonyl (C=O) groups is 1. The van der Waals surface area contributed by atoms with Crippen LogP contribution in [0, 0.1) is 11.3 Å². The van der Waals surface area contributed by atoms with E-state index in [1.807, 2.05) is 6.07 Å². The van der Waals surface area contributed by atoms with Crippen LogP contribution in [0.1, 0.15) is 22.8 Å². The van der Waals surface area contributed by atoms with Crippen LogP contribution in [-0.2, 0) is 4.74 Å². The van der Waals surface area contributed by atoms with E-state index in [1.54, 1.807) is 6.92 Å². The molecule has 0 unspecified atom stereocenters. The van der Waals surface area contributed by atoms with Crippen LogP contribution < -0.4 is 0 Å². The summed E-state index contributed by atoms with van der Waals surface area (Å²) in [4.78, 5) is 15.0. The first-order valence-electron chi connectivity index (χ1n) is 3.80. The second-order valence-electron chi connectivity index (χ2n) is 2.25. The third kappa shape index (κ3) is 2.03. The maximum Gasteiger partial charge on any atom is 0.341 e. The molecule has 0 bridgehead atoms. The zero-order chi connectivity index (χ0) is 9.68. The molecule has 0 N–H and O–H groups in total. The van der Waals surface area contributed by atoms with Gasteiger partial charge in [0.1, 0.15) is 6.07 Å².